The third-order valence-corrected chi connectivity index (χ3v) is 2.78. The van der Waals surface area contributed by atoms with Gasteiger partial charge in [-0.25, -0.2) is 8.78 Å². The lowest BCUT2D eigenvalue weighted by Gasteiger charge is -2.13. The number of nitrogens with two attached hydrogens (primary N) is 1. The largest absolute Gasteiger partial charge is 0.322 e. The van der Waals surface area contributed by atoms with Crippen molar-refractivity contribution in [3.8, 4) is 0 Å². The number of nitrogens with zero attached hydrogens (tertiary/aromatic N) is 1. The quantitative estimate of drug-likeness (QED) is 0.907. The molecule has 0 fully saturated rings. The van der Waals surface area contributed by atoms with Crippen molar-refractivity contribution in [1.82, 2.24) is 4.98 Å². The van der Waals surface area contributed by atoms with E-state index in [1.165, 1.54) is 12.1 Å². The lowest BCUT2D eigenvalue weighted by atomic mass is 10.0. The number of halogens is 2. The Morgan fingerprint density at radius 1 is 1.22 bits per heavy atom. The van der Waals surface area contributed by atoms with Gasteiger partial charge in [-0.3, -0.25) is 4.98 Å². The van der Waals surface area contributed by atoms with Crippen LogP contribution in [0.4, 0.5) is 8.78 Å². The summed E-state index contributed by atoms with van der Waals surface area (Å²) in [7, 11) is 0. The third kappa shape index (κ3) is 2.90. The van der Waals surface area contributed by atoms with Gasteiger partial charge in [-0.2, -0.15) is 0 Å². The van der Waals surface area contributed by atoms with Gasteiger partial charge in [0.2, 0.25) is 0 Å². The smallest absolute Gasteiger partial charge is 0.126 e. The second-order valence-electron chi connectivity index (χ2n) is 4.29. The Bertz CT molecular complexity index is 535. The average Bonchev–Trinajstić information content (AvgIpc) is 2.27. The zero-order chi connectivity index (χ0) is 13.1. The fraction of sp³-hybridized carbons (Fsp3) is 0.214. The van der Waals surface area contributed by atoms with Crippen molar-refractivity contribution in [2.75, 3.05) is 0 Å². The van der Waals surface area contributed by atoms with E-state index in [-0.39, 0.29) is 6.04 Å². The van der Waals surface area contributed by atoms with Gasteiger partial charge in [-0.05, 0) is 42.7 Å². The van der Waals surface area contributed by atoms with E-state index in [0.717, 1.165) is 17.3 Å². The van der Waals surface area contributed by atoms with E-state index in [9.17, 15) is 8.78 Å². The Labute approximate surface area is 104 Å². The number of aryl methyl sites for hydroxylation is 1. The first kappa shape index (κ1) is 12.6. The van der Waals surface area contributed by atoms with Crippen LogP contribution in [0.25, 0.3) is 0 Å². The Balaban J connectivity index is 2.21. The molecule has 1 atom stereocenters. The zero-order valence-electron chi connectivity index (χ0n) is 10.0. The van der Waals surface area contributed by atoms with Crippen LogP contribution in [0.5, 0.6) is 0 Å². The van der Waals surface area contributed by atoms with Crippen molar-refractivity contribution in [2.24, 2.45) is 5.73 Å². The summed E-state index contributed by atoms with van der Waals surface area (Å²) in [6, 6.07) is 6.80. The van der Waals surface area contributed by atoms with Gasteiger partial charge in [-0.15, -0.1) is 0 Å². The molecule has 0 aliphatic rings. The second kappa shape index (κ2) is 5.23. The molecule has 2 aromatic rings. The number of pyridine rings is 1. The maximum absolute atomic E-state index is 13.1. The topological polar surface area (TPSA) is 38.9 Å². The lowest BCUT2D eigenvalue weighted by Crippen LogP contribution is -2.16. The highest BCUT2D eigenvalue weighted by Gasteiger charge is 2.12. The normalized spacial score (nSPS) is 12.4. The summed E-state index contributed by atoms with van der Waals surface area (Å²) in [6.45, 7) is 1.91. The van der Waals surface area contributed by atoms with Crippen LogP contribution in [0.3, 0.4) is 0 Å². The van der Waals surface area contributed by atoms with Gasteiger partial charge in [0.1, 0.15) is 11.6 Å². The molecule has 18 heavy (non-hydrogen) atoms. The molecule has 2 N–H and O–H groups in total. The summed E-state index contributed by atoms with van der Waals surface area (Å²) in [6.07, 6.45) is 2.01. The van der Waals surface area contributed by atoms with Gasteiger partial charge in [0.05, 0.1) is 11.7 Å². The van der Waals surface area contributed by atoms with Gasteiger partial charge in [0.15, 0.2) is 0 Å². The van der Waals surface area contributed by atoms with Gasteiger partial charge in [-0.1, -0.05) is 6.07 Å². The molecule has 2 nitrogen and oxygen atoms in total. The maximum Gasteiger partial charge on any atom is 0.126 e. The minimum atomic E-state index is -0.588. The van der Waals surface area contributed by atoms with Crippen molar-refractivity contribution in [1.29, 1.82) is 0 Å². The van der Waals surface area contributed by atoms with Crippen LogP contribution in [-0.4, -0.2) is 4.98 Å². The standard InChI is InChI=1S/C14H14F2N2/c1-9-3-2-4-18-14(9)13(17)7-10-5-11(15)8-12(16)6-10/h2-6,8,13H,7,17H2,1H3. The summed E-state index contributed by atoms with van der Waals surface area (Å²) in [5.41, 5.74) is 8.28. The first-order valence-corrected chi connectivity index (χ1v) is 5.68. The summed E-state index contributed by atoms with van der Waals surface area (Å²) < 4.78 is 26.1. The predicted molar refractivity (Wildman–Crippen MR) is 66.0 cm³/mol. The summed E-state index contributed by atoms with van der Waals surface area (Å²) >= 11 is 0. The van der Waals surface area contributed by atoms with E-state index in [2.05, 4.69) is 4.98 Å². The van der Waals surface area contributed by atoms with Crippen molar-refractivity contribution >= 4 is 0 Å². The Morgan fingerprint density at radius 3 is 2.50 bits per heavy atom. The first-order chi connectivity index (χ1) is 8.56. The van der Waals surface area contributed by atoms with Crippen molar-refractivity contribution < 1.29 is 8.78 Å². The van der Waals surface area contributed by atoms with Gasteiger partial charge < -0.3 is 5.73 Å². The molecule has 1 heterocycles. The summed E-state index contributed by atoms with van der Waals surface area (Å²) in [5, 5.41) is 0. The molecule has 1 aromatic heterocycles. The third-order valence-electron chi connectivity index (χ3n) is 2.78. The molecular weight excluding hydrogens is 234 g/mol. The van der Waals surface area contributed by atoms with Crippen LogP contribution >= 0.6 is 0 Å². The van der Waals surface area contributed by atoms with Crippen LogP contribution in [0, 0.1) is 18.6 Å². The Hall–Kier alpha value is -1.81. The monoisotopic (exact) mass is 248 g/mol. The molecule has 94 valence electrons. The molecule has 0 saturated carbocycles. The van der Waals surface area contributed by atoms with Crippen molar-refractivity contribution in [3.63, 3.8) is 0 Å². The van der Waals surface area contributed by atoms with Gasteiger partial charge >= 0.3 is 0 Å². The SMILES string of the molecule is Cc1cccnc1C(N)Cc1cc(F)cc(F)c1. The van der Waals surface area contributed by atoms with E-state index >= 15 is 0 Å². The van der Waals surface area contributed by atoms with E-state index in [1.807, 2.05) is 19.1 Å². The maximum atomic E-state index is 13.1. The number of aromatic nitrogens is 1. The molecule has 1 unspecified atom stereocenters. The number of hydrogen-bond acceptors (Lipinski definition) is 2. The molecule has 0 spiro atoms. The fourth-order valence-electron chi connectivity index (χ4n) is 1.97. The molecular formula is C14H14F2N2. The number of rotatable bonds is 3. The van der Waals surface area contributed by atoms with Gasteiger partial charge in [0.25, 0.3) is 0 Å². The van der Waals surface area contributed by atoms with Gasteiger partial charge in [0, 0.05) is 12.3 Å². The first-order valence-electron chi connectivity index (χ1n) is 5.68. The molecule has 0 saturated heterocycles. The summed E-state index contributed by atoms with van der Waals surface area (Å²) in [5.74, 6) is -1.18. The minimum absolute atomic E-state index is 0.354. The summed E-state index contributed by atoms with van der Waals surface area (Å²) in [4.78, 5) is 4.21. The fourth-order valence-corrected chi connectivity index (χ4v) is 1.97. The molecule has 1 aromatic carbocycles. The molecule has 0 bridgehead atoms. The van der Waals surface area contributed by atoms with Crippen LogP contribution < -0.4 is 5.73 Å². The zero-order valence-corrected chi connectivity index (χ0v) is 10.0. The predicted octanol–water partition coefficient (Wildman–Crippen LogP) is 2.91. The highest BCUT2D eigenvalue weighted by atomic mass is 19.1. The molecule has 0 amide bonds. The van der Waals surface area contributed by atoms with E-state index in [0.29, 0.717) is 12.0 Å². The average molecular weight is 248 g/mol. The van der Waals surface area contributed by atoms with Crippen LogP contribution in [0.15, 0.2) is 36.5 Å². The van der Waals surface area contributed by atoms with Crippen molar-refractivity contribution in [3.05, 3.63) is 65.0 Å². The second-order valence-corrected chi connectivity index (χ2v) is 4.29. The molecule has 0 radical (unpaired) electrons. The van der Waals surface area contributed by atoms with E-state index in [1.54, 1.807) is 6.20 Å². The van der Waals surface area contributed by atoms with E-state index < -0.39 is 11.6 Å². The molecule has 2 rings (SSSR count). The van der Waals surface area contributed by atoms with Crippen LogP contribution in [0.2, 0.25) is 0 Å². The minimum Gasteiger partial charge on any atom is -0.322 e. The molecule has 4 heteroatoms. The Kier molecular flexibility index (Phi) is 3.67. The van der Waals surface area contributed by atoms with Crippen LogP contribution in [-0.2, 0) is 6.42 Å². The highest BCUT2D eigenvalue weighted by Crippen LogP contribution is 2.18. The van der Waals surface area contributed by atoms with Crippen molar-refractivity contribution in [2.45, 2.75) is 19.4 Å². The molecule has 0 aliphatic carbocycles. The highest BCUT2D eigenvalue weighted by molar-refractivity contribution is 5.25. The lowest BCUT2D eigenvalue weighted by molar-refractivity contribution is 0.575. The van der Waals surface area contributed by atoms with Crippen LogP contribution in [0.1, 0.15) is 22.9 Å². The number of benzene rings is 1. The molecule has 0 aliphatic heterocycles. The Morgan fingerprint density at radius 2 is 1.89 bits per heavy atom. The number of hydrogen-bond donors (Lipinski definition) is 1. The van der Waals surface area contributed by atoms with E-state index in [4.69, 9.17) is 5.73 Å².